The molecule has 2 aromatic heterocycles. The number of carbonyl (C=O) groups is 1. The fourth-order valence-electron chi connectivity index (χ4n) is 3.27. The molecule has 1 N–H and O–H groups in total. The Hall–Kier alpha value is -3.60. The van der Waals surface area contributed by atoms with Gasteiger partial charge in [0.05, 0.1) is 12.3 Å². The van der Waals surface area contributed by atoms with Crippen molar-refractivity contribution in [3.63, 3.8) is 0 Å². The van der Waals surface area contributed by atoms with Crippen LogP contribution in [0.3, 0.4) is 0 Å². The summed E-state index contributed by atoms with van der Waals surface area (Å²) in [5.41, 5.74) is 6.24. The van der Waals surface area contributed by atoms with Crippen molar-refractivity contribution in [2.24, 2.45) is 0 Å². The molecule has 0 saturated heterocycles. The van der Waals surface area contributed by atoms with Gasteiger partial charge in [0.1, 0.15) is 11.4 Å². The average Bonchev–Trinajstić information content (AvgIpc) is 3.16. The van der Waals surface area contributed by atoms with Crippen LogP contribution in [-0.4, -0.2) is 21.9 Å². The fraction of sp³-hybridized carbons (Fsp3) is 0.167. The monoisotopic (exact) mass is 385 g/mol. The number of pyridine rings is 1. The van der Waals surface area contributed by atoms with E-state index in [1.807, 2.05) is 67.9 Å². The zero-order chi connectivity index (χ0) is 20.4. The highest BCUT2D eigenvalue weighted by molar-refractivity contribution is 6.05. The maximum atomic E-state index is 12.7. The van der Waals surface area contributed by atoms with Crippen molar-refractivity contribution in [1.82, 2.24) is 9.38 Å². The summed E-state index contributed by atoms with van der Waals surface area (Å²) in [6.07, 6.45) is 3.99. The number of fused-ring (bicyclic) bond motifs is 1. The van der Waals surface area contributed by atoms with Crippen molar-refractivity contribution in [3.05, 3.63) is 83.7 Å². The van der Waals surface area contributed by atoms with Crippen molar-refractivity contribution < 1.29 is 9.53 Å². The summed E-state index contributed by atoms with van der Waals surface area (Å²) in [5.74, 6) is 0.600. The smallest absolute Gasteiger partial charge is 0.255 e. The maximum absolute atomic E-state index is 12.7. The molecular formula is C24H23N3O2. The van der Waals surface area contributed by atoms with Gasteiger partial charge in [-0.15, -0.1) is 0 Å². The molecule has 0 unspecified atom stereocenters. The van der Waals surface area contributed by atoms with E-state index in [0.29, 0.717) is 12.2 Å². The third-order valence-corrected chi connectivity index (χ3v) is 4.89. The summed E-state index contributed by atoms with van der Waals surface area (Å²) in [6.45, 7) is 6.55. The predicted molar refractivity (Wildman–Crippen MR) is 116 cm³/mol. The number of hydrogen-bond donors (Lipinski definition) is 1. The minimum Gasteiger partial charge on any atom is -0.494 e. The SMILES string of the molecule is CCOc1ccc(C(=O)Nc2cc(-c3cn4cccc(C)c4n3)ccc2C)cc1. The lowest BCUT2D eigenvalue weighted by molar-refractivity contribution is 0.102. The second kappa shape index (κ2) is 7.80. The molecule has 0 aliphatic carbocycles. The molecule has 0 bridgehead atoms. The molecule has 0 aliphatic heterocycles. The normalized spacial score (nSPS) is 10.9. The van der Waals surface area contributed by atoms with Gasteiger partial charge in [0.15, 0.2) is 0 Å². The number of aryl methyl sites for hydroxylation is 2. The molecule has 0 spiro atoms. The number of carbonyl (C=O) groups excluding carboxylic acids is 1. The van der Waals surface area contributed by atoms with Gasteiger partial charge in [0.25, 0.3) is 5.91 Å². The number of nitrogens with zero attached hydrogens (tertiary/aromatic N) is 2. The van der Waals surface area contributed by atoms with E-state index in [9.17, 15) is 4.79 Å². The Kier molecular flexibility index (Phi) is 5.04. The van der Waals surface area contributed by atoms with E-state index in [1.165, 1.54) is 0 Å². The number of ether oxygens (including phenoxy) is 1. The number of hydrogen-bond acceptors (Lipinski definition) is 3. The minimum atomic E-state index is -0.154. The molecule has 0 radical (unpaired) electrons. The van der Waals surface area contributed by atoms with Gasteiger partial charge in [-0.25, -0.2) is 4.98 Å². The molecule has 0 fully saturated rings. The lowest BCUT2D eigenvalue weighted by Crippen LogP contribution is -2.12. The van der Waals surface area contributed by atoms with E-state index in [2.05, 4.69) is 5.32 Å². The van der Waals surface area contributed by atoms with Crippen molar-refractivity contribution in [1.29, 1.82) is 0 Å². The third-order valence-electron chi connectivity index (χ3n) is 4.89. The van der Waals surface area contributed by atoms with Crippen molar-refractivity contribution in [2.75, 3.05) is 11.9 Å². The number of rotatable bonds is 5. The van der Waals surface area contributed by atoms with E-state index in [-0.39, 0.29) is 5.91 Å². The first-order valence-corrected chi connectivity index (χ1v) is 9.64. The van der Waals surface area contributed by atoms with Gasteiger partial charge in [0, 0.05) is 29.2 Å². The van der Waals surface area contributed by atoms with Crippen LogP contribution in [0, 0.1) is 13.8 Å². The molecule has 0 aliphatic rings. The zero-order valence-corrected chi connectivity index (χ0v) is 16.8. The fourth-order valence-corrected chi connectivity index (χ4v) is 3.27. The van der Waals surface area contributed by atoms with Crippen LogP contribution in [0.2, 0.25) is 0 Å². The van der Waals surface area contributed by atoms with Gasteiger partial charge < -0.3 is 14.5 Å². The van der Waals surface area contributed by atoms with E-state index in [0.717, 1.165) is 39.5 Å². The standard InChI is InChI=1S/C24H23N3O2/c1-4-29-20-11-9-18(10-12-20)24(28)26-21-14-19(8-7-16(21)2)22-15-27-13-5-6-17(3)23(27)25-22/h5-15H,4H2,1-3H3,(H,26,28). The third kappa shape index (κ3) is 3.85. The maximum Gasteiger partial charge on any atom is 0.255 e. The lowest BCUT2D eigenvalue weighted by atomic mass is 10.1. The van der Waals surface area contributed by atoms with Gasteiger partial charge in [-0.05, 0) is 68.3 Å². The molecule has 4 rings (SSSR count). The Morgan fingerprint density at radius 3 is 2.59 bits per heavy atom. The Labute approximate surface area is 170 Å². The van der Waals surface area contributed by atoms with Gasteiger partial charge in [-0.1, -0.05) is 18.2 Å². The largest absolute Gasteiger partial charge is 0.494 e. The van der Waals surface area contributed by atoms with Gasteiger partial charge >= 0.3 is 0 Å². The predicted octanol–water partition coefficient (Wildman–Crippen LogP) is 5.27. The van der Waals surface area contributed by atoms with Crippen LogP contribution < -0.4 is 10.1 Å². The molecule has 2 aromatic carbocycles. The Morgan fingerprint density at radius 1 is 1.07 bits per heavy atom. The van der Waals surface area contributed by atoms with E-state index < -0.39 is 0 Å². The number of benzene rings is 2. The molecule has 1 amide bonds. The number of aromatic nitrogens is 2. The first-order valence-electron chi connectivity index (χ1n) is 9.64. The molecule has 146 valence electrons. The minimum absolute atomic E-state index is 0.154. The molecule has 4 aromatic rings. The topological polar surface area (TPSA) is 55.6 Å². The van der Waals surface area contributed by atoms with E-state index >= 15 is 0 Å². The summed E-state index contributed by atoms with van der Waals surface area (Å²) >= 11 is 0. The summed E-state index contributed by atoms with van der Waals surface area (Å²) < 4.78 is 7.45. The van der Waals surface area contributed by atoms with Crippen LogP contribution in [0.15, 0.2) is 67.0 Å². The van der Waals surface area contributed by atoms with Crippen LogP contribution >= 0.6 is 0 Å². The van der Waals surface area contributed by atoms with Crippen LogP contribution in [0.5, 0.6) is 5.75 Å². The molecule has 29 heavy (non-hydrogen) atoms. The zero-order valence-electron chi connectivity index (χ0n) is 16.8. The molecule has 2 heterocycles. The van der Waals surface area contributed by atoms with E-state index in [1.54, 1.807) is 24.3 Å². The molecule has 5 heteroatoms. The molecule has 5 nitrogen and oxygen atoms in total. The van der Waals surface area contributed by atoms with Crippen molar-refractivity contribution >= 4 is 17.2 Å². The molecular weight excluding hydrogens is 362 g/mol. The number of imidazole rings is 1. The van der Waals surface area contributed by atoms with Gasteiger partial charge in [-0.2, -0.15) is 0 Å². The van der Waals surface area contributed by atoms with Crippen molar-refractivity contribution in [3.8, 4) is 17.0 Å². The van der Waals surface area contributed by atoms with Crippen LogP contribution in [0.1, 0.15) is 28.4 Å². The number of nitrogens with one attached hydrogen (secondary N) is 1. The van der Waals surface area contributed by atoms with Crippen LogP contribution in [0.4, 0.5) is 5.69 Å². The first kappa shape index (κ1) is 18.7. The van der Waals surface area contributed by atoms with E-state index in [4.69, 9.17) is 9.72 Å². The van der Waals surface area contributed by atoms with Gasteiger partial charge in [-0.3, -0.25) is 4.79 Å². The lowest BCUT2D eigenvalue weighted by Gasteiger charge is -2.10. The highest BCUT2D eigenvalue weighted by Gasteiger charge is 2.11. The first-order chi connectivity index (χ1) is 14.0. The van der Waals surface area contributed by atoms with Crippen LogP contribution in [0.25, 0.3) is 16.9 Å². The average molecular weight is 385 g/mol. The molecule has 0 atom stereocenters. The number of amides is 1. The molecule has 0 saturated carbocycles. The Bertz CT molecular complexity index is 1180. The van der Waals surface area contributed by atoms with Crippen molar-refractivity contribution in [2.45, 2.75) is 20.8 Å². The second-order valence-corrected chi connectivity index (χ2v) is 6.99. The Balaban J connectivity index is 1.61. The summed E-state index contributed by atoms with van der Waals surface area (Å²) in [4.78, 5) is 17.5. The van der Waals surface area contributed by atoms with Gasteiger partial charge in [0.2, 0.25) is 0 Å². The number of anilines is 1. The highest BCUT2D eigenvalue weighted by atomic mass is 16.5. The van der Waals surface area contributed by atoms with Crippen LogP contribution in [-0.2, 0) is 0 Å². The Morgan fingerprint density at radius 2 is 1.86 bits per heavy atom. The highest BCUT2D eigenvalue weighted by Crippen LogP contribution is 2.26. The second-order valence-electron chi connectivity index (χ2n) is 6.99. The quantitative estimate of drug-likeness (QED) is 0.509. The summed E-state index contributed by atoms with van der Waals surface area (Å²) in [5, 5.41) is 3.02. The summed E-state index contributed by atoms with van der Waals surface area (Å²) in [7, 11) is 0. The summed E-state index contributed by atoms with van der Waals surface area (Å²) in [6, 6.07) is 17.2.